The topological polar surface area (TPSA) is 67.8 Å². The molecule has 1 aliphatic carbocycles. The van der Waals surface area contributed by atoms with Gasteiger partial charge in [-0.15, -0.1) is 0 Å². The molecule has 120 valence electrons. The zero-order valence-electron chi connectivity index (χ0n) is 12.7. The predicted octanol–water partition coefficient (Wildman–Crippen LogP) is 2.44. The van der Waals surface area contributed by atoms with Crippen molar-refractivity contribution in [3.8, 4) is 11.5 Å². The summed E-state index contributed by atoms with van der Waals surface area (Å²) in [4.78, 5) is 11.1. The molecule has 2 unspecified atom stereocenters. The zero-order valence-corrected chi connectivity index (χ0v) is 12.7. The van der Waals surface area contributed by atoms with Crippen LogP contribution in [0, 0.1) is 11.8 Å². The molecule has 0 saturated heterocycles. The summed E-state index contributed by atoms with van der Waals surface area (Å²) >= 11 is 0. The summed E-state index contributed by atoms with van der Waals surface area (Å²) in [5.74, 6) is 1.29. The molecule has 3 rings (SSSR count). The Morgan fingerprint density at radius 1 is 1.23 bits per heavy atom. The lowest BCUT2D eigenvalue weighted by molar-refractivity contribution is -0.143. The third kappa shape index (κ3) is 3.71. The minimum absolute atomic E-state index is 0.158. The van der Waals surface area contributed by atoms with Crippen molar-refractivity contribution in [1.82, 2.24) is 5.32 Å². The summed E-state index contributed by atoms with van der Waals surface area (Å²) < 4.78 is 11.1. The highest BCUT2D eigenvalue weighted by Gasteiger charge is 2.26. The minimum atomic E-state index is -0.642. The van der Waals surface area contributed by atoms with E-state index in [1.54, 1.807) is 0 Å². The van der Waals surface area contributed by atoms with Gasteiger partial charge in [-0.25, -0.2) is 0 Å². The van der Waals surface area contributed by atoms with Gasteiger partial charge in [0.25, 0.3) is 0 Å². The molecule has 5 nitrogen and oxygen atoms in total. The van der Waals surface area contributed by atoms with Crippen LogP contribution in [0.3, 0.4) is 0 Å². The van der Waals surface area contributed by atoms with E-state index in [1.165, 1.54) is 0 Å². The van der Waals surface area contributed by atoms with Gasteiger partial charge in [0.1, 0.15) is 13.2 Å². The van der Waals surface area contributed by atoms with Gasteiger partial charge in [0, 0.05) is 6.54 Å². The Labute approximate surface area is 130 Å². The number of aliphatic carboxylic acids is 1. The van der Waals surface area contributed by atoms with Gasteiger partial charge in [-0.05, 0) is 49.4 Å². The lowest BCUT2D eigenvalue weighted by atomic mass is 9.81. The quantitative estimate of drug-likeness (QED) is 0.874. The minimum Gasteiger partial charge on any atom is -0.486 e. The summed E-state index contributed by atoms with van der Waals surface area (Å²) in [6.45, 7) is 2.85. The molecule has 2 atom stereocenters. The molecule has 1 aromatic carbocycles. The summed E-state index contributed by atoms with van der Waals surface area (Å²) in [6.07, 6.45) is 3.77. The van der Waals surface area contributed by atoms with Crippen molar-refractivity contribution in [3.63, 3.8) is 0 Å². The van der Waals surface area contributed by atoms with Crippen LogP contribution in [-0.2, 0) is 11.3 Å². The van der Waals surface area contributed by atoms with E-state index >= 15 is 0 Å². The van der Waals surface area contributed by atoms with Crippen LogP contribution >= 0.6 is 0 Å². The summed E-state index contributed by atoms with van der Waals surface area (Å²) in [6, 6.07) is 6.01. The average Bonchev–Trinajstić information content (AvgIpc) is 2.55. The molecule has 1 aromatic rings. The first kappa shape index (κ1) is 15.2. The lowest BCUT2D eigenvalue weighted by Crippen LogP contribution is -2.29. The average molecular weight is 305 g/mol. The summed E-state index contributed by atoms with van der Waals surface area (Å²) in [5, 5.41) is 12.6. The molecule has 0 spiro atoms. The number of carboxylic acids is 1. The molecule has 1 saturated carbocycles. The van der Waals surface area contributed by atoms with Gasteiger partial charge < -0.3 is 19.9 Å². The third-order valence-electron chi connectivity index (χ3n) is 4.50. The number of rotatable bonds is 5. The molecule has 0 bridgehead atoms. The smallest absolute Gasteiger partial charge is 0.306 e. The zero-order chi connectivity index (χ0) is 15.4. The van der Waals surface area contributed by atoms with E-state index in [0.29, 0.717) is 19.1 Å². The maximum atomic E-state index is 11.1. The van der Waals surface area contributed by atoms with Crippen molar-refractivity contribution in [1.29, 1.82) is 0 Å². The highest BCUT2D eigenvalue weighted by Crippen LogP contribution is 2.31. The van der Waals surface area contributed by atoms with E-state index in [-0.39, 0.29) is 5.92 Å². The predicted molar refractivity (Wildman–Crippen MR) is 82.2 cm³/mol. The first-order chi connectivity index (χ1) is 10.7. The van der Waals surface area contributed by atoms with Gasteiger partial charge in [-0.3, -0.25) is 4.79 Å². The van der Waals surface area contributed by atoms with Gasteiger partial charge in [0.15, 0.2) is 11.5 Å². The van der Waals surface area contributed by atoms with Crippen LogP contribution in [0.1, 0.15) is 31.2 Å². The van der Waals surface area contributed by atoms with Crippen molar-refractivity contribution in [2.75, 3.05) is 19.8 Å². The molecule has 22 heavy (non-hydrogen) atoms. The first-order valence-corrected chi connectivity index (χ1v) is 8.04. The van der Waals surface area contributed by atoms with E-state index in [9.17, 15) is 4.79 Å². The van der Waals surface area contributed by atoms with E-state index < -0.39 is 5.97 Å². The first-order valence-electron chi connectivity index (χ1n) is 8.04. The van der Waals surface area contributed by atoms with Gasteiger partial charge in [0.05, 0.1) is 5.92 Å². The number of ether oxygens (including phenoxy) is 2. The lowest BCUT2D eigenvalue weighted by Gasteiger charge is -2.26. The number of fused-ring (bicyclic) bond motifs is 1. The van der Waals surface area contributed by atoms with Crippen molar-refractivity contribution in [2.24, 2.45) is 11.8 Å². The van der Waals surface area contributed by atoms with Crippen molar-refractivity contribution in [2.45, 2.75) is 32.2 Å². The van der Waals surface area contributed by atoms with Crippen molar-refractivity contribution >= 4 is 5.97 Å². The van der Waals surface area contributed by atoms with Crippen LogP contribution in [0.4, 0.5) is 0 Å². The second kappa shape index (κ2) is 7.01. The Balaban J connectivity index is 1.47. The molecule has 0 aromatic heterocycles. The van der Waals surface area contributed by atoms with E-state index in [2.05, 4.69) is 5.32 Å². The molecule has 0 radical (unpaired) electrons. The SMILES string of the molecule is O=C(O)C1CCCC(CNCc2ccc3c(c2)OCCO3)C1. The normalized spacial score (nSPS) is 24.0. The maximum Gasteiger partial charge on any atom is 0.306 e. The molecule has 2 N–H and O–H groups in total. The molecule has 1 heterocycles. The van der Waals surface area contributed by atoms with Crippen molar-refractivity contribution < 1.29 is 19.4 Å². The van der Waals surface area contributed by atoms with E-state index in [4.69, 9.17) is 14.6 Å². The number of nitrogens with one attached hydrogen (secondary N) is 1. The third-order valence-corrected chi connectivity index (χ3v) is 4.50. The second-order valence-electron chi connectivity index (χ2n) is 6.18. The molecular weight excluding hydrogens is 282 g/mol. The van der Waals surface area contributed by atoms with Crippen LogP contribution in [0.15, 0.2) is 18.2 Å². The molecular formula is C17H23NO4. The fraction of sp³-hybridized carbons (Fsp3) is 0.588. The van der Waals surface area contributed by atoms with Crippen LogP contribution in [0.2, 0.25) is 0 Å². The highest BCUT2D eigenvalue weighted by atomic mass is 16.6. The molecule has 5 heteroatoms. The Morgan fingerprint density at radius 2 is 2.05 bits per heavy atom. The largest absolute Gasteiger partial charge is 0.486 e. The number of hydrogen-bond acceptors (Lipinski definition) is 4. The molecule has 0 amide bonds. The van der Waals surface area contributed by atoms with E-state index in [1.807, 2.05) is 18.2 Å². The highest BCUT2D eigenvalue weighted by molar-refractivity contribution is 5.70. The maximum absolute atomic E-state index is 11.1. The van der Waals surface area contributed by atoms with Crippen LogP contribution in [0.5, 0.6) is 11.5 Å². The number of carbonyl (C=O) groups is 1. The Bertz CT molecular complexity index is 531. The second-order valence-corrected chi connectivity index (χ2v) is 6.18. The molecule has 1 aliphatic heterocycles. The Hall–Kier alpha value is -1.75. The number of hydrogen-bond donors (Lipinski definition) is 2. The standard InChI is InChI=1S/C17H23NO4/c19-17(20)14-3-1-2-12(8-14)10-18-11-13-4-5-15-16(9-13)22-7-6-21-15/h4-5,9,12,14,18H,1-3,6-8,10-11H2,(H,19,20). The summed E-state index contributed by atoms with van der Waals surface area (Å²) in [7, 11) is 0. The van der Waals surface area contributed by atoms with Gasteiger partial charge in [-0.1, -0.05) is 12.5 Å². The number of benzene rings is 1. The Morgan fingerprint density at radius 3 is 2.86 bits per heavy atom. The fourth-order valence-corrected chi connectivity index (χ4v) is 3.32. The van der Waals surface area contributed by atoms with Gasteiger partial charge in [-0.2, -0.15) is 0 Å². The summed E-state index contributed by atoms with van der Waals surface area (Å²) in [5.41, 5.74) is 1.16. The van der Waals surface area contributed by atoms with Gasteiger partial charge >= 0.3 is 5.97 Å². The fourth-order valence-electron chi connectivity index (χ4n) is 3.32. The van der Waals surface area contributed by atoms with Crippen LogP contribution < -0.4 is 14.8 Å². The van der Waals surface area contributed by atoms with Crippen LogP contribution in [0.25, 0.3) is 0 Å². The van der Waals surface area contributed by atoms with Crippen molar-refractivity contribution in [3.05, 3.63) is 23.8 Å². The molecule has 2 aliphatic rings. The Kier molecular flexibility index (Phi) is 4.83. The molecule has 1 fully saturated rings. The monoisotopic (exact) mass is 305 g/mol. The van der Waals surface area contributed by atoms with E-state index in [0.717, 1.165) is 55.8 Å². The van der Waals surface area contributed by atoms with Crippen LogP contribution in [-0.4, -0.2) is 30.8 Å². The van der Waals surface area contributed by atoms with Gasteiger partial charge in [0.2, 0.25) is 0 Å². The number of carboxylic acid groups (broad SMARTS) is 1.